The third kappa shape index (κ3) is 3.50. The van der Waals surface area contributed by atoms with Crippen molar-refractivity contribution < 1.29 is 13.4 Å². The minimum Gasteiger partial charge on any atom is -0.437 e. The number of furan rings is 1. The molecular weight excluding hydrogens is 435 g/mol. The Morgan fingerprint density at radius 1 is 0.743 bits per heavy atom. The minimum atomic E-state index is -0.532. The zero-order chi connectivity index (χ0) is 24.1. The second-order valence-electron chi connectivity index (χ2n) is 9.01. The van der Waals surface area contributed by atoms with Crippen LogP contribution in [0.1, 0.15) is 11.1 Å². The van der Waals surface area contributed by atoms with Crippen molar-refractivity contribution in [2.75, 3.05) is 0 Å². The van der Waals surface area contributed by atoms with Crippen molar-refractivity contribution >= 4 is 22.1 Å². The quantitative estimate of drug-likeness (QED) is 0.202. The second-order valence-corrected chi connectivity index (χ2v) is 9.01. The number of nitrogens with zero attached hydrogens (tertiary/aromatic N) is 2. The first-order valence-electron chi connectivity index (χ1n) is 11.6. The maximum Gasteiger partial charge on any atom is 0.230 e. The van der Waals surface area contributed by atoms with Gasteiger partial charge in [-0.1, -0.05) is 60.7 Å². The van der Waals surface area contributed by atoms with Gasteiger partial charge >= 0.3 is 0 Å². The van der Waals surface area contributed by atoms with Crippen LogP contribution in [0.2, 0.25) is 0 Å². The zero-order valence-electron chi connectivity index (χ0n) is 19.8. The van der Waals surface area contributed by atoms with Gasteiger partial charge in [-0.3, -0.25) is 0 Å². The van der Waals surface area contributed by atoms with E-state index in [1.807, 2.05) is 74.8 Å². The van der Waals surface area contributed by atoms with Crippen LogP contribution < -0.4 is 4.57 Å². The van der Waals surface area contributed by atoms with Crippen LogP contribution in [0.4, 0.5) is 4.39 Å². The van der Waals surface area contributed by atoms with Gasteiger partial charge in [0, 0.05) is 28.5 Å². The summed E-state index contributed by atoms with van der Waals surface area (Å²) >= 11 is 0. The summed E-state index contributed by atoms with van der Waals surface area (Å²) in [6.07, 6.45) is 2.01. The number of pyridine rings is 2. The third-order valence-electron chi connectivity index (χ3n) is 6.73. The van der Waals surface area contributed by atoms with E-state index in [2.05, 4.69) is 46.8 Å². The molecule has 6 rings (SSSR count). The maximum absolute atomic E-state index is 15.3. The normalized spacial score (nSPS) is 11.4. The Labute approximate surface area is 203 Å². The van der Waals surface area contributed by atoms with Gasteiger partial charge in [0.05, 0.1) is 5.56 Å². The SMILES string of the molecule is Cc1cc(-c2ccccc2)ccc1-c1cc2c(nc1F)oc1c(-c3cccc[n+]3C)c(C)ccc12. The Balaban J connectivity index is 1.55. The van der Waals surface area contributed by atoms with Crippen LogP contribution in [-0.4, -0.2) is 4.98 Å². The van der Waals surface area contributed by atoms with Crippen LogP contribution in [0.3, 0.4) is 0 Å². The molecule has 0 aliphatic rings. The average Bonchev–Trinajstić information content (AvgIpc) is 3.22. The highest BCUT2D eigenvalue weighted by atomic mass is 19.1. The summed E-state index contributed by atoms with van der Waals surface area (Å²) in [7, 11) is 2.01. The van der Waals surface area contributed by atoms with Gasteiger partial charge in [0.2, 0.25) is 17.4 Å². The Morgan fingerprint density at radius 3 is 2.31 bits per heavy atom. The van der Waals surface area contributed by atoms with E-state index in [-0.39, 0.29) is 0 Å². The molecule has 0 N–H and O–H groups in total. The van der Waals surface area contributed by atoms with Crippen molar-refractivity contribution in [1.82, 2.24) is 4.98 Å². The zero-order valence-corrected chi connectivity index (χ0v) is 19.8. The van der Waals surface area contributed by atoms with E-state index < -0.39 is 5.95 Å². The largest absolute Gasteiger partial charge is 0.437 e. The Kier molecular flexibility index (Phi) is 4.96. The molecule has 4 heteroatoms. The first kappa shape index (κ1) is 21.2. The van der Waals surface area contributed by atoms with Gasteiger partial charge in [0.1, 0.15) is 7.05 Å². The standard InChI is InChI=1S/C31H24FN2O/c1-19-12-14-24-26-18-25(23-15-13-22(17-20(23)2)21-9-5-4-6-10-21)30(32)33-31(26)35-29(24)28(19)27-11-7-8-16-34(27)3/h4-18H,1-3H3/q+1. The highest BCUT2D eigenvalue weighted by Gasteiger charge is 2.22. The molecule has 3 aromatic heterocycles. The number of hydrogen-bond donors (Lipinski definition) is 0. The summed E-state index contributed by atoms with van der Waals surface area (Å²) in [6.45, 7) is 4.07. The number of aryl methyl sites for hydroxylation is 3. The van der Waals surface area contributed by atoms with E-state index in [0.29, 0.717) is 11.3 Å². The van der Waals surface area contributed by atoms with Crippen LogP contribution in [-0.2, 0) is 7.05 Å². The number of rotatable bonds is 3. The molecule has 0 saturated carbocycles. The first-order chi connectivity index (χ1) is 17.0. The predicted octanol–water partition coefficient (Wildman–Crippen LogP) is 7.56. The van der Waals surface area contributed by atoms with Crippen molar-refractivity contribution in [3.8, 4) is 33.5 Å². The van der Waals surface area contributed by atoms with E-state index >= 15 is 4.39 Å². The molecule has 0 radical (unpaired) electrons. The van der Waals surface area contributed by atoms with Crippen molar-refractivity contribution in [2.45, 2.75) is 13.8 Å². The van der Waals surface area contributed by atoms with Gasteiger partial charge in [-0.15, -0.1) is 0 Å². The average molecular weight is 460 g/mol. The van der Waals surface area contributed by atoms with E-state index in [1.165, 1.54) is 0 Å². The lowest BCUT2D eigenvalue weighted by atomic mass is 9.95. The highest BCUT2D eigenvalue weighted by molar-refractivity contribution is 6.09. The summed E-state index contributed by atoms with van der Waals surface area (Å²) in [5.74, 6) is -0.532. The lowest BCUT2D eigenvalue weighted by molar-refractivity contribution is -0.660. The van der Waals surface area contributed by atoms with Crippen LogP contribution in [0.25, 0.3) is 55.6 Å². The van der Waals surface area contributed by atoms with Gasteiger partial charge in [-0.25, -0.2) is 4.57 Å². The summed E-state index contributed by atoms with van der Waals surface area (Å²) < 4.78 is 23.6. The van der Waals surface area contributed by atoms with Gasteiger partial charge < -0.3 is 4.42 Å². The van der Waals surface area contributed by atoms with Crippen LogP contribution in [0.5, 0.6) is 0 Å². The molecule has 0 atom stereocenters. The molecule has 0 amide bonds. The Hall–Kier alpha value is -4.31. The lowest BCUT2D eigenvalue weighted by Crippen LogP contribution is -2.30. The molecule has 3 aromatic carbocycles. The van der Waals surface area contributed by atoms with Gasteiger partial charge in [0.15, 0.2) is 11.8 Å². The molecule has 0 aliphatic carbocycles. The maximum atomic E-state index is 15.3. The molecule has 0 fully saturated rings. The van der Waals surface area contributed by atoms with Gasteiger partial charge in [0.25, 0.3) is 0 Å². The molecule has 0 bridgehead atoms. The molecule has 0 aliphatic heterocycles. The van der Waals surface area contributed by atoms with Gasteiger partial charge in [-0.2, -0.15) is 9.37 Å². The fourth-order valence-corrected chi connectivity index (χ4v) is 4.91. The summed E-state index contributed by atoms with van der Waals surface area (Å²) in [5.41, 5.74) is 8.68. The molecule has 6 aromatic rings. The first-order valence-corrected chi connectivity index (χ1v) is 11.6. The third-order valence-corrected chi connectivity index (χ3v) is 6.73. The topological polar surface area (TPSA) is 29.9 Å². The van der Waals surface area contributed by atoms with Crippen molar-refractivity contribution in [3.05, 3.63) is 108 Å². The fourth-order valence-electron chi connectivity index (χ4n) is 4.91. The van der Waals surface area contributed by atoms with Crippen molar-refractivity contribution in [1.29, 1.82) is 0 Å². The molecule has 3 heterocycles. The number of benzene rings is 3. The molecule has 170 valence electrons. The predicted molar refractivity (Wildman–Crippen MR) is 138 cm³/mol. The second kappa shape index (κ2) is 8.17. The molecule has 0 unspecified atom stereocenters. The van der Waals surface area contributed by atoms with Gasteiger partial charge in [-0.05, 0) is 53.8 Å². The van der Waals surface area contributed by atoms with E-state index in [4.69, 9.17) is 4.42 Å². The Morgan fingerprint density at radius 2 is 1.54 bits per heavy atom. The van der Waals surface area contributed by atoms with E-state index in [9.17, 15) is 0 Å². The monoisotopic (exact) mass is 459 g/mol. The number of hydrogen-bond acceptors (Lipinski definition) is 2. The summed E-state index contributed by atoms with van der Waals surface area (Å²) in [5, 5.41) is 1.74. The van der Waals surface area contributed by atoms with Crippen LogP contribution >= 0.6 is 0 Å². The minimum absolute atomic E-state index is 0.310. The fraction of sp³-hybridized carbons (Fsp3) is 0.0968. The molecule has 35 heavy (non-hydrogen) atoms. The Bertz CT molecular complexity index is 1730. The molecule has 3 nitrogen and oxygen atoms in total. The number of aromatic nitrogens is 2. The number of halogens is 1. The molecular formula is C31H24FN2O+. The summed E-state index contributed by atoms with van der Waals surface area (Å²) in [4.78, 5) is 4.26. The van der Waals surface area contributed by atoms with E-state index in [1.54, 1.807) is 0 Å². The van der Waals surface area contributed by atoms with Crippen LogP contribution in [0.15, 0.2) is 95.5 Å². The molecule has 0 spiro atoms. The summed E-state index contributed by atoms with van der Waals surface area (Å²) in [6, 6.07) is 28.4. The van der Waals surface area contributed by atoms with Crippen LogP contribution in [0, 0.1) is 19.8 Å². The number of fused-ring (bicyclic) bond motifs is 3. The van der Waals surface area contributed by atoms with E-state index in [0.717, 1.165) is 55.4 Å². The molecule has 0 saturated heterocycles. The van der Waals surface area contributed by atoms with Crippen molar-refractivity contribution in [3.63, 3.8) is 0 Å². The highest BCUT2D eigenvalue weighted by Crippen LogP contribution is 2.39. The van der Waals surface area contributed by atoms with Crippen molar-refractivity contribution in [2.24, 2.45) is 7.05 Å². The lowest BCUT2D eigenvalue weighted by Gasteiger charge is -2.10. The smallest absolute Gasteiger partial charge is 0.230 e.